The highest BCUT2D eigenvalue weighted by Crippen LogP contribution is 2.07. The highest BCUT2D eigenvalue weighted by molar-refractivity contribution is 5.94. The molecule has 0 aliphatic heterocycles. The maximum absolute atomic E-state index is 11.7. The Morgan fingerprint density at radius 3 is 3.06 bits per heavy atom. The van der Waals surface area contributed by atoms with Gasteiger partial charge in [0.1, 0.15) is 0 Å². The molecule has 0 atom stereocenters. The molecule has 1 amide bonds. The summed E-state index contributed by atoms with van der Waals surface area (Å²) in [6, 6.07) is 1.79. The Kier molecular flexibility index (Phi) is 5.79. The van der Waals surface area contributed by atoms with Gasteiger partial charge in [-0.25, -0.2) is 0 Å². The van der Waals surface area contributed by atoms with Crippen molar-refractivity contribution in [3.05, 3.63) is 36.7 Å². The lowest BCUT2D eigenvalue weighted by Gasteiger charge is -2.06. The third-order valence-electron chi connectivity index (χ3n) is 2.27. The fourth-order valence-corrected chi connectivity index (χ4v) is 1.33. The van der Waals surface area contributed by atoms with Crippen LogP contribution in [0.1, 0.15) is 30.1 Å². The zero-order chi connectivity index (χ0) is 12.5. The van der Waals surface area contributed by atoms with E-state index in [1.165, 1.54) is 0 Å². The Balaban J connectivity index is 2.57. The number of anilines is 1. The van der Waals surface area contributed by atoms with Crippen LogP contribution in [-0.2, 0) is 0 Å². The normalized spacial score (nSPS) is 9.71. The molecule has 0 saturated carbocycles. The van der Waals surface area contributed by atoms with Crippen molar-refractivity contribution in [3.8, 4) is 0 Å². The first kappa shape index (κ1) is 13.2. The van der Waals surface area contributed by atoms with E-state index in [1.54, 1.807) is 24.5 Å². The summed E-state index contributed by atoms with van der Waals surface area (Å²) in [4.78, 5) is 15.8. The van der Waals surface area contributed by atoms with Crippen molar-refractivity contribution in [2.75, 3.05) is 18.4 Å². The average Bonchev–Trinajstić information content (AvgIpc) is 2.37. The van der Waals surface area contributed by atoms with E-state index in [0.29, 0.717) is 18.7 Å². The number of unbranched alkanes of at least 4 members (excludes halogenated alkanes) is 1. The quantitative estimate of drug-likeness (QED) is 0.561. The van der Waals surface area contributed by atoms with Gasteiger partial charge < -0.3 is 10.6 Å². The smallest absolute Gasteiger partial charge is 0.252 e. The van der Waals surface area contributed by atoms with Gasteiger partial charge in [-0.2, -0.15) is 0 Å². The third-order valence-corrected chi connectivity index (χ3v) is 2.27. The lowest BCUT2D eigenvalue weighted by atomic mass is 10.2. The Bertz CT molecular complexity index is 377. The molecule has 2 N–H and O–H groups in total. The van der Waals surface area contributed by atoms with E-state index in [2.05, 4.69) is 29.1 Å². The molecule has 4 nitrogen and oxygen atoms in total. The molecule has 0 aliphatic rings. The van der Waals surface area contributed by atoms with Crippen molar-refractivity contribution in [1.82, 2.24) is 10.3 Å². The molecule has 17 heavy (non-hydrogen) atoms. The molecule has 0 unspecified atom stereocenters. The monoisotopic (exact) mass is 233 g/mol. The lowest BCUT2D eigenvalue weighted by molar-refractivity contribution is 0.0953. The summed E-state index contributed by atoms with van der Waals surface area (Å²) in [6.07, 6.45) is 7.08. The van der Waals surface area contributed by atoms with Crippen LogP contribution in [0.15, 0.2) is 31.1 Å². The summed E-state index contributed by atoms with van der Waals surface area (Å²) in [7, 11) is 0. The van der Waals surface area contributed by atoms with Gasteiger partial charge in [-0.1, -0.05) is 19.4 Å². The van der Waals surface area contributed by atoms with Crippen LogP contribution in [-0.4, -0.2) is 24.0 Å². The fourth-order valence-electron chi connectivity index (χ4n) is 1.33. The van der Waals surface area contributed by atoms with Gasteiger partial charge in [-0.3, -0.25) is 9.78 Å². The number of hydrogen-bond donors (Lipinski definition) is 2. The number of pyridine rings is 1. The van der Waals surface area contributed by atoms with Crippen molar-refractivity contribution >= 4 is 11.6 Å². The minimum absolute atomic E-state index is 0.0757. The second kappa shape index (κ2) is 7.44. The highest BCUT2D eigenvalue weighted by atomic mass is 16.1. The van der Waals surface area contributed by atoms with E-state index >= 15 is 0 Å². The molecule has 0 radical (unpaired) electrons. The third kappa shape index (κ3) is 4.68. The zero-order valence-corrected chi connectivity index (χ0v) is 10.2. The van der Waals surface area contributed by atoms with Crippen LogP contribution < -0.4 is 10.6 Å². The van der Waals surface area contributed by atoms with Crippen molar-refractivity contribution in [2.24, 2.45) is 0 Å². The molecule has 1 heterocycles. The van der Waals surface area contributed by atoms with E-state index < -0.39 is 0 Å². The van der Waals surface area contributed by atoms with Crippen LogP contribution in [0, 0.1) is 0 Å². The van der Waals surface area contributed by atoms with Crippen molar-refractivity contribution in [3.63, 3.8) is 0 Å². The van der Waals surface area contributed by atoms with Gasteiger partial charge in [0, 0.05) is 25.5 Å². The van der Waals surface area contributed by atoms with E-state index in [1.807, 2.05) is 0 Å². The van der Waals surface area contributed by atoms with Gasteiger partial charge in [-0.05, 0) is 12.5 Å². The standard InChI is InChI=1S/C13H19N3O/c1-3-5-7-16-13(17)11-8-12(10-14-9-11)15-6-4-2/h4,8-10,15H,2-3,5-7H2,1H3,(H,16,17). The highest BCUT2D eigenvalue weighted by Gasteiger charge is 2.05. The van der Waals surface area contributed by atoms with E-state index in [9.17, 15) is 4.79 Å². The van der Waals surface area contributed by atoms with Gasteiger partial charge in [0.25, 0.3) is 5.91 Å². The number of nitrogens with zero attached hydrogens (tertiary/aromatic N) is 1. The summed E-state index contributed by atoms with van der Waals surface area (Å²) in [5.41, 5.74) is 1.41. The first-order valence-corrected chi connectivity index (χ1v) is 5.86. The minimum atomic E-state index is -0.0757. The topological polar surface area (TPSA) is 54.0 Å². The van der Waals surface area contributed by atoms with Crippen LogP contribution in [0.5, 0.6) is 0 Å². The summed E-state index contributed by atoms with van der Waals surface area (Å²) >= 11 is 0. The van der Waals surface area contributed by atoms with E-state index in [0.717, 1.165) is 18.5 Å². The fraction of sp³-hybridized carbons (Fsp3) is 0.385. The number of nitrogens with one attached hydrogen (secondary N) is 2. The van der Waals surface area contributed by atoms with Gasteiger partial charge in [0.2, 0.25) is 0 Å². The molecule has 1 rings (SSSR count). The van der Waals surface area contributed by atoms with Gasteiger partial charge >= 0.3 is 0 Å². The minimum Gasteiger partial charge on any atom is -0.380 e. The Hall–Kier alpha value is -1.84. The molecular weight excluding hydrogens is 214 g/mol. The molecule has 0 saturated heterocycles. The first-order valence-electron chi connectivity index (χ1n) is 5.86. The number of aromatic nitrogens is 1. The van der Waals surface area contributed by atoms with Crippen LogP contribution >= 0.6 is 0 Å². The maximum Gasteiger partial charge on any atom is 0.252 e. The largest absolute Gasteiger partial charge is 0.380 e. The SMILES string of the molecule is C=CCNc1cncc(C(=O)NCCCC)c1. The first-order chi connectivity index (χ1) is 8.27. The number of carbonyl (C=O) groups excluding carboxylic acids is 1. The molecule has 92 valence electrons. The predicted molar refractivity (Wildman–Crippen MR) is 70.2 cm³/mol. The Morgan fingerprint density at radius 1 is 1.53 bits per heavy atom. The zero-order valence-electron chi connectivity index (χ0n) is 10.2. The van der Waals surface area contributed by atoms with Gasteiger partial charge in [0.15, 0.2) is 0 Å². The summed E-state index contributed by atoms with van der Waals surface area (Å²) in [5, 5.41) is 5.95. The Morgan fingerprint density at radius 2 is 2.35 bits per heavy atom. The maximum atomic E-state index is 11.7. The molecular formula is C13H19N3O. The second-order valence-corrected chi connectivity index (χ2v) is 3.74. The second-order valence-electron chi connectivity index (χ2n) is 3.74. The van der Waals surface area contributed by atoms with E-state index in [-0.39, 0.29) is 5.91 Å². The van der Waals surface area contributed by atoms with Gasteiger partial charge in [0.05, 0.1) is 11.3 Å². The summed E-state index contributed by atoms with van der Waals surface area (Å²) < 4.78 is 0. The molecule has 0 aliphatic carbocycles. The lowest BCUT2D eigenvalue weighted by Crippen LogP contribution is -2.24. The molecule has 1 aromatic rings. The van der Waals surface area contributed by atoms with Crippen molar-refractivity contribution in [2.45, 2.75) is 19.8 Å². The number of rotatable bonds is 7. The van der Waals surface area contributed by atoms with Crippen molar-refractivity contribution < 1.29 is 4.79 Å². The van der Waals surface area contributed by atoms with E-state index in [4.69, 9.17) is 0 Å². The molecule has 4 heteroatoms. The molecule has 1 aromatic heterocycles. The van der Waals surface area contributed by atoms with Crippen LogP contribution in [0.25, 0.3) is 0 Å². The molecule has 0 spiro atoms. The Labute approximate surface area is 102 Å². The van der Waals surface area contributed by atoms with Crippen LogP contribution in [0.2, 0.25) is 0 Å². The summed E-state index contributed by atoms with van der Waals surface area (Å²) in [5.74, 6) is -0.0757. The van der Waals surface area contributed by atoms with Crippen LogP contribution in [0.3, 0.4) is 0 Å². The van der Waals surface area contributed by atoms with Crippen LogP contribution in [0.4, 0.5) is 5.69 Å². The van der Waals surface area contributed by atoms with Crippen molar-refractivity contribution in [1.29, 1.82) is 0 Å². The molecule has 0 aromatic carbocycles. The summed E-state index contributed by atoms with van der Waals surface area (Å²) in [6.45, 7) is 7.08. The van der Waals surface area contributed by atoms with Gasteiger partial charge in [-0.15, -0.1) is 6.58 Å². The number of hydrogen-bond acceptors (Lipinski definition) is 3. The number of amides is 1. The molecule has 0 bridgehead atoms. The molecule has 0 fully saturated rings. The number of carbonyl (C=O) groups is 1. The average molecular weight is 233 g/mol. The predicted octanol–water partition coefficient (Wildman–Crippen LogP) is 2.21.